The number of nitrogens with zero attached hydrogens (tertiary/aromatic N) is 6. The lowest BCUT2D eigenvalue weighted by molar-refractivity contribution is -0.132. The Morgan fingerprint density at radius 3 is 2.48 bits per heavy atom. The van der Waals surface area contributed by atoms with E-state index >= 15 is 0 Å². The third-order valence-corrected chi connectivity index (χ3v) is 5.07. The number of hydrogen-bond acceptors (Lipinski definition) is 8. The van der Waals surface area contributed by atoms with E-state index < -0.39 is 0 Å². The number of ether oxygens (including phenoxy) is 1. The maximum absolute atomic E-state index is 12.6. The van der Waals surface area contributed by atoms with Crippen molar-refractivity contribution in [1.82, 2.24) is 29.9 Å². The van der Waals surface area contributed by atoms with Crippen LogP contribution in [0.2, 0.25) is 0 Å². The molecule has 31 heavy (non-hydrogen) atoms. The Morgan fingerprint density at radius 1 is 1.06 bits per heavy atom. The summed E-state index contributed by atoms with van der Waals surface area (Å²) in [5.74, 6) is 1.46. The first-order valence-electron chi connectivity index (χ1n) is 9.94. The van der Waals surface area contributed by atoms with Crippen LogP contribution in [0.15, 0.2) is 47.4 Å². The summed E-state index contributed by atoms with van der Waals surface area (Å²) in [6.07, 6.45) is 5.09. The maximum Gasteiger partial charge on any atom is 0.274 e. The molecule has 0 unspecified atom stereocenters. The Labute approximate surface area is 178 Å². The third kappa shape index (κ3) is 4.85. The largest absolute Gasteiger partial charge is 0.497 e. The second-order valence-corrected chi connectivity index (χ2v) is 7.00. The van der Waals surface area contributed by atoms with Gasteiger partial charge < -0.3 is 19.1 Å². The standard InChI is InChI=1S/C21H22N6O4/c1-30-16-4-2-15(3-5-16)20-24-18(31-25-20)6-7-19(28)26-10-12-27(13-11-26)21(29)17-14-22-8-9-23-17/h2-5,8-9,14H,6-7,10-13H2,1H3. The second-order valence-electron chi connectivity index (χ2n) is 7.00. The van der Waals surface area contributed by atoms with Crippen molar-refractivity contribution in [2.45, 2.75) is 12.8 Å². The Hall–Kier alpha value is -3.82. The van der Waals surface area contributed by atoms with Gasteiger partial charge in [0.25, 0.3) is 5.91 Å². The van der Waals surface area contributed by atoms with E-state index in [1.165, 1.54) is 18.6 Å². The summed E-state index contributed by atoms with van der Waals surface area (Å²) >= 11 is 0. The van der Waals surface area contributed by atoms with E-state index in [0.29, 0.717) is 50.0 Å². The van der Waals surface area contributed by atoms with Gasteiger partial charge in [-0.2, -0.15) is 4.98 Å². The van der Waals surface area contributed by atoms with Crippen LogP contribution in [0.1, 0.15) is 22.8 Å². The number of aryl methyl sites for hydroxylation is 1. The van der Waals surface area contributed by atoms with Crippen LogP contribution in [0.25, 0.3) is 11.4 Å². The molecule has 10 heteroatoms. The minimum absolute atomic E-state index is 0.00389. The molecule has 1 aliphatic heterocycles. The zero-order valence-corrected chi connectivity index (χ0v) is 17.1. The predicted molar refractivity (Wildman–Crippen MR) is 109 cm³/mol. The number of amides is 2. The van der Waals surface area contributed by atoms with E-state index in [-0.39, 0.29) is 18.2 Å². The van der Waals surface area contributed by atoms with Crippen molar-refractivity contribution in [3.63, 3.8) is 0 Å². The lowest BCUT2D eigenvalue weighted by Crippen LogP contribution is -2.50. The third-order valence-electron chi connectivity index (χ3n) is 5.07. The molecule has 0 atom stereocenters. The van der Waals surface area contributed by atoms with Crippen LogP contribution in [0.5, 0.6) is 5.75 Å². The summed E-state index contributed by atoms with van der Waals surface area (Å²) in [6.45, 7) is 1.88. The van der Waals surface area contributed by atoms with Crippen molar-refractivity contribution in [2.24, 2.45) is 0 Å². The van der Waals surface area contributed by atoms with Crippen molar-refractivity contribution in [3.05, 3.63) is 54.4 Å². The zero-order chi connectivity index (χ0) is 21.6. The van der Waals surface area contributed by atoms with Crippen LogP contribution in [0.3, 0.4) is 0 Å². The fraction of sp³-hybridized carbons (Fsp3) is 0.333. The molecule has 1 fully saturated rings. The number of piperazine rings is 1. The van der Waals surface area contributed by atoms with Crippen molar-refractivity contribution in [1.29, 1.82) is 0 Å². The number of aromatic nitrogens is 4. The Morgan fingerprint density at radius 2 is 1.81 bits per heavy atom. The number of benzene rings is 1. The maximum atomic E-state index is 12.6. The number of rotatable bonds is 6. The molecular formula is C21H22N6O4. The van der Waals surface area contributed by atoms with Gasteiger partial charge in [-0.3, -0.25) is 14.6 Å². The van der Waals surface area contributed by atoms with E-state index in [0.717, 1.165) is 11.3 Å². The van der Waals surface area contributed by atoms with Gasteiger partial charge in [-0.1, -0.05) is 5.16 Å². The van der Waals surface area contributed by atoms with Gasteiger partial charge in [0.15, 0.2) is 0 Å². The molecule has 0 bridgehead atoms. The molecule has 1 aliphatic rings. The number of hydrogen-bond donors (Lipinski definition) is 0. The van der Waals surface area contributed by atoms with E-state index in [4.69, 9.17) is 9.26 Å². The first kappa shape index (κ1) is 20.5. The van der Waals surface area contributed by atoms with Crippen LogP contribution in [0.4, 0.5) is 0 Å². The number of methoxy groups -OCH3 is 1. The molecule has 0 aliphatic carbocycles. The quantitative estimate of drug-likeness (QED) is 0.586. The van der Waals surface area contributed by atoms with Crippen LogP contribution < -0.4 is 4.74 Å². The van der Waals surface area contributed by atoms with Crippen molar-refractivity contribution in [2.75, 3.05) is 33.3 Å². The normalized spacial score (nSPS) is 13.8. The minimum atomic E-state index is -0.169. The lowest BCUT2D eigenvalue weighted by Gasteiger charge is -2.34. The molecule has 3 heterocycles. The molecule has 1 aromatic carbocycles. The van der Waals surface area contributed by atoms with Crippen LogP contribution in [-0.4, -0.2) is 75.0 Å². The number of carbonyl (C=O) groups excluding carboxylic acids is 2. The molecule has 1 saturated heterocycles. The smallest absolute Gasteiger partial charge is 0.274 e. The molecule has 4 rings (SSSR count). The summed E-state index contributed by atoms with van der Waals surface area (Å²) in [6, 6.07) is 7.34. The number of carbonyl (C=O) groups is 2. The van der Waals surface area contributed by atoms with Gasteiger partial charge in [-0.15, -0.1) is 0 Å². The van der Waals surface area contributed by atoms with E-state index in [1.807, 2.05) is 24.3 Å². The summed E-state index contributed by atoms with van der Waals surface area (Å²) in [4.78, 5) is 40.8. The Kier molecular flexibility index (Phi) is 6.16. The summed E-state index contributed by atoms with van der Waals surface area (Å²) in [5.41, 5.74) is 1.12. The Bertz CT molecular complexity index is 1030. The topological polar surface area (TPSA) is 115 Å². The molecule has 10 nitrogen and oxygen atoms in total. The fourth-order valence-electron chi connectivity index (χ4n) is 3.32. The van der Waals surface area contributed by atoms with E-state index in [2.05, 4.69) is 20.1 Å². The minimum Gasteiger partial charge on any atom is -0.497 e. The molecule has 160 valence electrons. The summed E-state index contributed by atoms with van der Waals surface area (Å²) in [5, 5.41) is 3.98. The first-order chi connectivity index (χ1) is 15.1. The first-order valence-corrected chi connectivity index (χ1v) is 9.94. The predicted octanol–water partition coefficient (Wildman–Crippen LogP) is 1.45. The molecule has 0 saturated carbocycles. The van der Waals surface area contributed by atoms with Crippen LogP contribution in [0, 0.1) is 0 Å². The van der Waals surface area contributed by atoms with Gasteiger partial charge in [-0.25, -0.2) is 4.98 Å². The highest BCUT2D eigenvalue weighted by atomic mass is 16.5. The molecular weight excluding hydrogens is 400 g/mol. The molecule has 0 N–H and O–H groups in total. The molecule has 0 radical (unpaired) electrons. The monoisotopic (exact) mass is 422 g/mol. The van der Waals surface area contributed by atoms with E-state index in [9.17, 15) is 9.59 Å². The highest BCUT2D eigenvalue weighted by Gasteiger charge is 2.25. The van der Waals surface area contributed by atoms with Gasteiger partial charge in [0.05, 0.1) is 13.3 Å². The summed E-state index contributed by atoms with van der Waals surface area (Å²) in [7, 11) is 1.61. The fourth-order valence-corrected chi connectivity index (χ4v) is 3.32. The molecule has 2 amide bonds. The zero-order valence-electron chi connectivity index (χ0n) is 17.1. The van der Waals surface area contributed by atoms with Crippen molar-refractivity contribution < 1.29 is 18.8 Å². The van der Waals surface area contributed by atoms with Crippen molar-refractivity contribution in [3.8, 4) is 17.1 Å². The summed E-state index contributed by atoms with van der Waals surface area (Å²) < 4.78 is 10.4. The van der Waals surface area contributed by atoms with Gasteiger partial charge in [-0.05, 0) is 24.3 Å². The second kappa shape index (κ2) is 9.33. The average Bonchev–Trinajstić information content (AvgIpc) is 3.32. The molecule has 2 aromatic heterocycles. The van der Waals surface area contributed by atoms with Gasteiger partial charge in [0, 0.05) is 57.0 Å². The van der Waals surface area contributed by atoms with Crippen LogP contribution >= 0.6 is 0 Å². The highest BCUT2D eigenvalue weighted by molar-refractivity contribution is 5.92. The highest BCUT2D eigenvalue weighted by Crippen LogP contribution is 2.20. The van der Waals surface area contributed by atoms with Crippen molar-refractivity contribution >= 4 is 11.8 Å². The van der Waals surface area contributed by atoms with E-state index in [1.54, 1.807) is 16.9 Å². The van der Waals surface area contributed by atoms with Gasteiger partial charge in [0.2, 0.25) is 17.6 Å². The Balaban J connectivity index is 1.26. The average molecular weight is 422 g/mol. The molecule has 0 spiro atoms. The van der Waals surface area contributed by atoms with Crippen LogP contribution in [-0.2, 0) is 11.2 Å². The SMILES string of the molecule is COc1ccc(-c2noc(CCC(=O)N3CCN(C(=O)c4cnccn4)CC3)n2)cc1. The van der Waals surface area contributed by atoms with Gasteiger partial charge in [0.1, 0.15) is 11.4 Å². The van der Waals surface area contributed by atoms with Gasteiger partial charge >= 0.3 is 0 Å². The lowest BCUT2D eigenvalue weighted by atomic mass is 10.2. The molecule has 3 aromatic rings.